The number of non-ortho nitro benzene ring substituents is 1. The number of hydrogen-bond acceptors (Lipinski definition) is 4. The van der Waals surface area contributed by atoms with Crippen molar-refractivity contribution in [2.24, 2.45) is 5.10 Å². The molecule has 22 heavy (non-hydrogen) atoms. The quantitative estimate of drug-likeness (QED) is 0.430. The van der Waals surface area contributed by atoms with Crippen LogP contribution >= 0.6 is 11.6 Å². The average Bonchev–Trinajstić information content (AvgIpc) is 2.84. The zero-order valence-corrected chi connectivity index (χ0v) is 12.0. The first-order valence-corrected chi connectivity index (χ1v) is 6.82. The summed E-state index contributed by atoms with van der Waals surface area (Å²) in [5, 5.41) is 16.3. The lowest BCUT2D eigenvalue weighted by molar-refractivity contribution is -0.384. The first-order chi connectivity index (χ1) is 10.6. The van der Waals surface area contributed by atoms with Gasteiger partial charge in [0.2, 0.25) is 0 Å². The van der Waals surface area contributed by atoms with Crippen molar-refractivity contribution in [3.8, 4) is 0 Å². The maximum atomic E-state index is 10.7. The van der Waals surface area contributed by atoms with Gasteiger partial charge < -0.3 is 4.98 Å². The molecule has 3 aromatic rings. The molecule has 0 aliphatic heterocycles. The third-order valence-corrected chi connectivity index (χ3v) is 3.44. The van der Waals surface area contributed by atoms with Gasteiger partial charge in [0.05, 0.1) is 16.8 Å². The van der Waals surface area contributed by atoms with Gasteiger partial charge in [0.15, 0.2) is 0 Å². The second kappa shape index (κ2) is 5.87. The van der Waals surface area contributed by atoms with Crippen molar-refractivity contribution in [3.05, 3.63) is 69.4 Å². The van der Waals surface area contributed by atoms with E-state index in [1.165, 1.54) is 12.1 Å². The first kappa shape index (κ1) is 14.1. The Labute approximate surface area is 130 Å². The molecule has 0 unspecified atom stereocenters. The van der Waals surface area contributed by atoms with Crippen molar-refractivity contribution in [1.29, 1.82) is 0 Å². The number of fused-ring (bicyclic) bond motifs is 1. The minimum Gasteiger partial charge on any atom is -0.345 e. The predicted molar refractivity (Wildman–Crippen MR) is 87.6 cm³/mol. The number of halogens is 1. The van der Waals surface area contributed by atoms with Crippen LogP contribution in [0.1, 0.15) is 5.56 Å². The molecule has 2 aromatic carbocycles. The molecule has 1 aromatic heterocycles. The molecule has 7 heteroatoms. The number of para-hydroxylation sites is 1. The van der Waals surface area contributed by atoms with E-state index in [0.717, 1.165) is 16.5 Å². The van der Waals surface area contributed by atoms with E-state index in [4.69, 9.17) is 11.6 Å². The van der Waals surface area contributed by atoms with Crippen molar-refractivity contribution in [1.82, 2.24) is 4.98 Å². The lowest BCUT2D eigenvalue weighted by Gasteiger charge is -1.99. The van der Waals surface area contributed by atoms with E-state index in [1.807, 2.05) is 24.3 Å². The predicted octanol–water partition coefficient (Wildman–Crippen LogP) is 4.18. The van der Waals surface area contributed by atoms with E-state index in [1.54, 1.807) is 18.3 Å². The van der Waals surface area contributed by atoms with Gasteiger partial charge in [-0.15, -0.1) is 0 Å². The van der Waals surface area contributed by atoms with Crippen molar-refractivity contribution < 1.29 is 4.92 Å². The zero-order valence-electron chi connectivity index (χ0n) is 11.3. The fraction of sp³-hybridized carbons (Fsp3) is 0. The molecule has 110 valence electrons. The van der Waals surface area contributed by atoms with Crippen LogP contribution in [-0.2, 0) is 0 Å². The Morgan fingerprint density at radius 2 is 2.05 bits per heavy atom. The van der Waals surface area contributed by atoms with Gasteiger partial charge in [-0.3, -0.25) is 15.5 Å². The Bertz CT molecular complexity index is 873. The Kier molecular flexibility index (Phi) is 3.76. The highest BCUT2D eigenvalue weighted by Crippen LogP contribution is 2.24. The number of nitrogens with one attached hydrogen (secondary N) is 2. The van der Waals surface area contributed by atoms with Crippen LogP contribution in [0.3, 0.4) is 0 Å². The summed E-state index contributed by atoms with van der Waals surface area (Å²) in [5.74, 6) is 0. The van der Waals surface area contributed by atoms with Gasteiger partial charge in [-0.25, -0.2) is 0 Å². The second-order valence-electron chi connectivity index (χ2n) is 4.58. The molecule has 2 N–H and O–H groups in total. The smallest absolute Gasteiger partial charge is 0.271 e. The molecule has 0 aliphatic rings. The molecule has 0 amide bonds. The largest absolute Gasteiger partial charge is 0.345 e. The molecule has 0 saturated carbocycles. The fourth-order valence-corrected chi connectivity index (χ4v) is 2.37. The van der Waals surface area contributed by atoms with Gasteiger partial charge in [0.25, 0.3) is 5.69 Å². The summed E-state index contributed by atoms with van der Waals surface area (Å²) in [5.41, 5.74) is 4.98. The number of aromatic nitrogens is 1. The molecule has 6 nitrogen and oxygen atoms in total. The number of anilines is 1. The number of rotatable bonds is 4. The van der Waals surface area contributed by atoms with Gasteiger partial charge in [0, 0.05) is 28.6 Å². The second-order valence-corrected chi connectivity index (χ2v) is 4.95. The lowest BCUT2D eigenvalue weighted by atomic mass is 10.2. The number of benzene rings is 2. The number of nitrogens with zero attached hydrogens (tertiary/aromatic N) is 2. The number of nitro groups is 1. The topological polar surface area (TPSA) is 83.3 Å². The average molecular weight is 315 g/mol. The van der Waals surface area contributed by atoms with Gasteiger partial charge in [-0.1, -0.05) is 35.9 Å². The summed E-state index contributed by atoms with van der Waals surface area (Å²) in [4.78, 5) is 13.3. The molecular weight excluding hydrogens is 304 g/mol. The Morgan fingerprint density at radius 1 is 1.23 bits per heavy atom. The SMILES string of the molecule is O=[N+]([O-])c1cccc(N/N=C\c2c(Cl)[nH]c3ccccc23)c1. The molecule has 0 radical (unpaired) electrons. The molecule has 1 heterocycles. The highest BCUT2D eigenvalue weighted by Gasteiger charge is 2.07. The molecular formula is C15H11ClN4O2. The van der Waals surface area contributed by atoms with E-state index in [-0.39, 0.29) is 5.69 Å². The summed E-state index contributed by atoms with van der Waals surface area (Å²) in [7, 11) is 0. The van der Waals surface area contributed by atoms with Crippen molar-refractivity contribution in [2.75, 3.05) is 5.43 Å². The maximum Gasteiger partial charge on any atom is 0.271 e. The summed E-state index contributed by atoms with van der Waals surface area (Å²) < 4.78 is 0. The zero-order chi connectivity index (χ0) is 15.5. The van der Waals surface area contributed by atoms with Crippen molar-refractivity contribution >= 4 is 40.1 Å². The Morgan fingerprint density at radius 3 is 2.86 bits per heavy atom. The standard InChI is InChI=1S/C15H11ClN4O2/c16-15-13(12-6-1-2-7-14(12)18-15)9-17-19-10-4-3-5-11(8-10)20(21)22/h1-9,18-19H/b17-9-. The Balaban J connectivity index is 1.83. The highest BCUT2D eigenvalue weighted by atomic mass is 35.5. The van der Waals surface area contributed by atoms with Crippen LogP contribution in [0.2, 0.25) is 5.15 Å². The molecule has 0 bridgehead atoms. The molecule has 0 fully saturated rings. The van der Waals surface area contributed by atoms with E-state index < -0.39 is 4.92 Å². The summed E-state index contributed by atoms with van der Waals surface area (Å²) in [6.07, 6.45) is 1.58. The normalized spacial score (nSPS) is 11.1. The van der Waals surface area contributed by atoms with Gasteiger partial charge >= 0.3 is 0 Å². The molecule has 0 atom stereocenters. The number of H-pyrrole nitrogens is 1. The van der Waals surface area contributed by atoms with Gasteiger partial charge in [0.1, 0.15) is 5.15 Å². The van der Waals surface area contributed by atoms with E-state index in [9.17, 15) is 10.1 Å². The van der Waals surface area contributed by atoms with E-state index >= 15 is 0 Å². The van der Waals surface area contributed by atoms with Crippen molar-refractivity contribution in [3.63, 3.8) is 0 Å². The maximum absolute atomic E-state index is 10.7. The summed E-state index contributed by atoms with van der Waals surface area (Å²) in [6.45, 7) is 0. The van der Waals surface area contributed by atoms with Crippen LogP contribution in [-0.4, -0.2) is 16.1 Å². The van der Waals surface area contributed by atoms with Crippen LogP contribution in [0.25, 0.3) is 10.9 Å². The summed E-state index contributed by atoms with van der Waals surface area (Å²) in [6, 6.07) is 13.8. The van der Waals surface area contributed by atoms with Crippen molar-refractivity contribution in [2.45, 2.75) is 0 Å². The minimum absolute atomic E-state index is 0.00493. The minimum atomic E-state index is -0.453. The number of hydrogen-bond donors (Lipinski definition) is 2. The Hall–Kier alpha value is -2.86. The summed E-state index contributed by atoms with van der Waals surface area (Å²) >= 11 is 6.15. The number of hydrazone groups is 1. The van der Waals surface area contributed by atoms with Crippen LogP contribution in [0, 0.1) is 10.1 Å². The van der Waals surface area contributed by atoms with Gasteiger partial charge in [-0.2, -0.15) is 5.10 Å². The third-order valence-electron chi connectivity index (χ3n) is 3.14. The van der Waals surface area contributed by atoms with Crippen LogP contribution in [0.4, 0.5) is 11.4 Å². The highest BCUT2D eigenvalue weighted by molar-refractivity contribution is 6.34. The van der Waals surface area contributed by atoms with E-state index in [2.05, 4.69) is 15.5 Å². The van der Waals surface area contributed by atoms with Crippen LogP contribution in [0.15, 0.2) is 53.6 Å². The van der Waals surface area contributed by atoms with E-state index in [0.29, 0.717) is 10.8 Å². The molecule has 0 saturated heterocycles. The number of nitro benzene ring substituents is 1. The fourth-order valence-electron chi connectivity index (χ4n) is 2.12. The number of aromatic amines is 1. The van der Waals surface area contributed by atoms with Crippen LogP contribution in [0.5, 0.6) is 0 Å². The van der Waals surface area contributed by atoms with Gasteiger partial charge in [-0.05, 0) is 12.1 Å². The monoisotopic (exact) mass is 314 g/mol. The first-order valence-electron chi connectivity index (χ1n) is 6.45. The lowest BCUT2D eigenvalue weighted by Crippen LogP contribution is -1.93. The molecule has 3 rings (SSSR count). The molecule has 0 spiro atoms. The van der Waals surface area contributed by atoms with Crippen LogP contribution < -0.4 is 5.43 Å². The third kappa shape index (κ3) is 2.77. The molecule has 0 aliphatic carbocycles.